The first-order chi connectivity index (χ1) is 7.22. The van der Waals surface area contributed by atoms with Crippen molar-refractivity contribution in [2.45, 2.75) is 13.5 Å². The van der Waals surface area contributed by atoms with Crippen molar-refractivity contribution in [3.05, 3.63) is 40.6 Å². The molecule has 0 atom stereocenters. The van der Waals surface area contributed by atoms with Crippen LogP contribution in [0.1, 0.15) is 6.92 Å². The average molecular weight is 241 g/mol. The van der Waals surface area contributed by atoms with Gasteiger partial charge in [0.1, 0.15) is 5.82 Å². The van der Waals surface area contributed by atoms with Crippen LogP contribution < -0.4 is 0 Å². The number of rotatable bonds is 2. The largest absolute Gasteiger partial charge is 0.331 e. The minimum absolute atomic E-state index is 0.628. The Morgan fingerprint density at radius 1 is 1.33 bits per heavy atom. The molecule has 0 N–H and O–H groups in total. The van der Waals surface area contributed by atoms with Crippen molar-refractivity contribution < 1.29 is 0 Å². The van der Waals surface area contributed by atoms with Gasteiger partial charge in [0, 0.05) is 29.5 Å². The molecule has 0 saturated carbocycles. The molecule has 4 heteroatoms. The van der Waals surface area contributed by atoms with E-state index in [4.69, 9.17) is 23.2 Å². The van der Waals surface area contributed by atoms with Gasteiger partial charge in [-0.15, -0.1) is 0 Å². The molecule has 78 valence electrons. The van der Waals surface area contributed by atoms with Crippen molar-refractivity contribution in [3.63, 3.8) is 0 Å². The molecule has 2 nitrogen and oxygen atoms in total. The third kappa shape index (κ3) is 2.01. The molecule has 0 aliphatic rings. The summed E-state index contributed by atoms with van der Waals surface area (Å²) >= 11 is 12.0. The van der Waals surface area contributed by atoms with E-state index in [-0.39, 0.29) is 0 Å². The summed E-state index contributed by atoms with van der Waals surface area (Å²) in [6, 6.07) is 5.43. The Labute approximate surface area is 98.5 Å². The van der Waals surface area contributed by atoms with Crippen molar-refractivity contribution in [2.75, 3.05) is 0 Å². The molecule has 0 aliphatic carbocycles. The standard InChI is InChI=1S/C11H10Cl2N2/c1-2-15-6-5-14-11(15)9-4-3-8(12)7-10(9)13/h3-7H,2H2,1H3. The van der Waals surface area contributed by atoms with Crippen LogP contribution in [0.5, 0.6) is 0 Å². The van der Waals surface area contributed by atoms with Crippen molar-refractivity contribution >= 4 is 23.2 Å². The summed E-state index contributed by atoms with van der Waals surface area (Å²) in [5, 5.41) is 1.27. The van der Waals surface area contributed by atoms with Crippen LogP contribution >= 0.6 is 23.2 Å². The predicted molar refractivity (Wildman–Crippen MR) is 63.4 cm³/mol. The van der Waals surface area contributed by atoms with Gasteiger partial charge in [0.05, 0.1) is 5.02 Å². The number of hydrogen-bond acceptors (Lipinski definition) is 1. The summed E-state index contributed by atoms with van der Waals surface area (Å²) in [6.07, 6.45) is 3.70. The Kier molecular flexibility index (Phi) is 2.98. The molecule has 2 rings (SSSR count). The van der Waals surface area contributed by atoms with Gasteiger partial charge < -0.3 is 4.57 Å². The van der Waals surface area contributed by atoms with Gasteiger partial charge in [-0.2, -0.15) is 0 Å². The van der Waals surface area contributed by atoms with Gasteiger partial charge in [0.15, 0.2) is 0 Å². The van der Waals surface area contributed by atoms with Crippen LogP contribution in [0.25, 0.3) is 11.4 Å². The summed E-state index contributed by atoms with van der Waals surface area (Å²) in [4.78, 5) is 4.28. The minimum atomic E-state index is 0.628. The molecule has 1 aromatic heterocycles. The van der Waals surface area contributed by atoms with Crippen LogP contribution in [0.3, 0.4) is 0 Å². The number of halogens is 2. The van der Waals surface area contributed by atoms with Crippen molar-refractivity contribution in [2.24, 2.45) is 0 Å². The number of imidazole rings is 1. The fourth-order valence-electron chi connectivity index (χ4n) is 1.48. The van der Waals surface area contributed by atoms with Gasteiger partial charge >= 0.3 is 0 Å². The molecule has 2 aromatic rings. The zero-order valence-electron chi connectivity index (χ0n) is 8.24. The van der Waals surface area contributed by atoms with E-state index in [0.717, 1.165) is 17.9 Å². The Morgan fingerprint density at radius 3 is 2.80 bits per heavy atom. The van der Waals surface area contributed by atoms with Crippen molar-refractivity contribution in [3.8, 4) is 11.4 Å². The Balaban J connectivity index is 2.54. The first-order valence-electron chi connectivity index (χ1n) is 4.69. The molecule has 15 heavy (non-hydrogen) atoms. The van der Waals surface area contributed by atoms with Gasteiger partial charge in [-0.25, -0.2) is 4.98 Å². The van der Waals surface area contributed by atoms with E-state index in [9.17, 15) is 0 Å². The van der Waals surface area contributed by atoms with E-state index >= 15 is 0 Å². The second-order valence-corrected chi connectivity index (χ2v) is 4.00. The summed E-state index contributed by atoms with van der Waals surface area (Å²) in [5.74, 6) is 0.874. The quantitative estimate of drug-likeness (QED) is 0.780. The van der Waals surface area contributed by atoms with Gasteiger partial charge in [-0.05, 0) is 25.1 Å². The monoisotopic (exact) mass is 240 g/mol. The van der Waals surface area contributed by atoms with Gasteiger partial charge in [0.25, 0.3) is 0 Å². The van der Waals surface area contributed by atoms with Crippen LogP contribution in [0.15, 0.2) is 30.6 Å². The fraction of sp³-hybridized carbons (Fsp3) is 0.182. The number of benzene rings is 1. The van der Waals surface area contributed by atoms with Gasteiger partial charge in [-0.3, -0.25) is 0 Å². The molecule has 0 amide bonds. The zero-order chi connectivity index (χ0) is 10.8. The maximum absolute atomic E-state index is 6.11. The molecule has 1 aromatic carbocycles. The summed E-state index contributed by atoms with van der Waals surface area (Å²) in [7, 11) is 0. The molecule has 0 aliphatic heterocycles. The fourth-order valence-corrected chi connectivity index (χ4v) is 1.97. The minimum Gasteiger partial charge on any atom is -0.331 e. The molecular formula is C11H10Cl2N2. The first kappa shape index (κ1) is 10.5. The summed E-state index contributed by atoms with van der Waals surface area (Å²) in [6.45, 7) is 2.93. The van der Waals surface area contributed by atoms with Crippen molar-refractivity contribution in [1.82, 2.24) is 9.55 Å². The lowest BCUT2D eigenvalue weighted by atomic mass is 10.2. The lowest BCUT2D eigenvalue weighted by Gasteiger charge is -2.06. The third-order valence-corrected chi connectivity index (χ3v) is 2.78. The summed E-state index contributed by atoms with van der Waals surface area (Å²) < 4.78 is 2.04. The van der Waals surface area contributed by atoms with E-state index in [0.29, 0.717) is 10.0 Å². The first-order valence-corrected chi connectivity index (χ1v) is 5.44. The molecule has 0 bridgehead atoms. The zero-order valence-corrected chi connectivity index (χ0v) is 9.76. The Hall–Kier alpha value is -0.990. The maximum Gasteiger partial charge on any atom is 0.141 e. The van der Waals surface area contributed by atoms with Crippen LogP contribution in [-0.2, 0) is 6.54 Å². The van der Waals surface area contributed by atoms with E-state index < -0.39 is 0 Å². The average Bonchev–Trinajstić information content (AvgIpc) is 2.65. The van der Waals surface area contributed by atoms with Gasteiger partial charge in [-0.1, -0.05) is 23.2 Å². The predicted octanol–water partition coefficient (Wildman–Crippen LogP) is 3.88. The highest BCUT2D eigenvalue weighted by atomic mass is 35.5. The number of aromatic nitrogens is 2. The van der Waals surface area contributed by atoms with E-state index in [2.05, 4.69) is 11.9 Å². The van der Waals surface area contributed by atoms with E-state index in [1.807, 2.05) is 22.9 Å². The normalized spacial score (nSPS) is 10.6. The van der Waals surface area contributed by atoms with E-state index in [1.54, 1.807) is 12.3 Å². The molecule has 0 fully saturated rings. The highest BCUT2D eigenvalue weighted by molar-refractivity contribution is 6.36. The second-order valence-electron chi connectivity index (χ2n) is 3.16. The second kappa shape index (κ2) is 4.25. The van der Waals surface area contributed by atoms with Crippen molar-refractivity contribution in [1.29, 1.82) is 0 Å². The highest BCUT2D eigenvalue weighted by Gasteiger charge is 2.08. The molecular weight excluding hydrogens is 231 g/mol. The number of nitrogens with zero attached hydrogens (tertiary/aromatic N) is 2. The molecule has 0 radical (unpaired) electrons. The lowest BCUT2D eigenvalue weighted by molar-refractivity contribution is 0.771. The van der Waals surface area contributed by atoms with E-state index in [1.165, 1.54) is 0 Å². The van der Waals surface area contributed by atoms with Crippen LogP contribution in [0.2, 0.25) is 10.0 Å². The Morgan fingerprint density at radius 2 is 2.13 bits per heavy atom. The maximum atomic E-state index is 6.11. The molecule has 0 spiro atoms. The van der Waals surface area contributed by atoms with Crippen LogP contribution in [0.4, 0.5) is 0 Å². The number of hydrogen-bond donors (Lipinski definition) is 0. The Bertz CT molecular complexity index is 477. The molecule has 1 heterocycles. The van der Waals surface area contributed by atoms with Crippen LogP contribution in [0, 0.1) is 0 Å². The third-order valence-electron chi connectivity index (χ3n) is 2.23. The smallest absolute Gasteiger partial charge is 0.141 e. The molecule has 0 saturated heterocycles. The summed E-state index contributed by atoms with van der Waals surface area (Å²) in [5.41, 5.74) is 0.910. The SMILES string of the molecule is CCn1ccnc1-c1ccc(Cl)cc1Cl. The molecule has 0 unspecified atom stereocenters. The number of aryl methyl sites for hydroxylation is 1. The van der Waals surface area contributed by atoms with Gasteiger partial charge in [0.2, 0.25) is 0 Å². The highest BCUT2D eigenvalue weighted by Crippen LogP contribution is 2.29. The topological polar surface area (TPSA) is 17.8 Å². The van der Waals surface area contributed by atoms with Crippen LogP contribution in [-0.4, -0.2) is 9.55 Å². The lowest BCUT2D eigenvalue weighted by Crippen LogP contribution is -1.96.